The van der Waals surface area contributed by atoms with Gasteiger partial charge in [-0.1, -0.05) is 0 Å². The van der Waals surface area contributed by atoms with Crippen molar-refractivity contribution in [2.45, 2.75) is 13.5 Å². The Morgan fingerprint density at radius 1 is 1.53 bits per heavy atom. The van der Waals surface area contributed by atoms with E-state index in [1.807, 2.05) is 28.1 Å². The fraction of sp³-hybridized carbons (Fsp3) is 0.600. The van der Waals surface area contributed by atoms with Gasteiger partial charge in [0.15, 0.2) is 5.96 Å². The number of methoxy groups -OCH3 is 1. The average Bonchev–Trinajstić information content (AvgIpc) is 2.48. The van der Waals surface area contributed by atoms with Crippen molar-refractivity contribution in [1.82, 2.24) is 14.7 Å². The number of aryl methyl sites for hydroxylation is 2. The van der Waals surface area contributed by atoms with Gasteiger partial charge in [0.25, 0.3) is 0 Å². The zero-order valence-corrected chi connectivity index (χ0v) is 13.2. The molecule has 0 aliphatic heterocycles. The van der Waals surface area contributed by atoms with E-state index in [2.05, 4.69) is 10.1 Å². The molecule has 1 aromatic heterocycles. The topological polar surface area (TPSA) is 68.7 Å². The molecule has 0 atom stereocenters. The summed E-state index contributed by atoms with van der Waals surface area (Å²) in [7, 11) is 7.17. The Balaban J connectivity index is 0.00000256. The third-order valence-corrected chi connectivity index (χ3v) is 2.34. The van der Waals surface area contributed by atoms with Gasteiger partial charge in [-0.25, -0.2) is 9.67 Å². The average molecular weight is 353 g/mol. The van der Waals surface area contributed by atoms with Gasteiger partial charge in [0.1, 0.15) is 0 Å². The normalized spacial score (nSPS) is 11.0. The van der Waals surface area contributed by atoms with Crippen LogP contribution in [0.15, 0.2) is 4.99 Å². The van der Waals surface area contributed by atoms with Crippen molar-refractivity contribution < 1.29 is 4.74 Å². The summed E-state index contributed by atoms with van der Waals surface area (Å²) in [4.78, 5) is 6.03. The van der Waals surface area contributed by atoms with Crippen LogP contribution in [0.25, 0.3) is 0 Å². The molecule has 98 valence electrons. The molecule has 0 fully saturated rings. The van der Waals surface area contributed by atoms with E-state index in [-0.39, 0.29) is 24.0 Å². The molecular weight excluding hydrogens is 333 g/mol. The van der Waals surface area contributed by atoms with Crippen LogP contribution in [0.4, 0.5) is 0 Å². The zero-order valence-electron chi connectivity index (χ0n) is 10.9. The Hall–Kier alpha value is -0.990. The highest BCUT2D eigenvalue weighted by Gasteiger charge is 2.13. The van der Waals surface area contributed by atoms with E-state index in [0.717, 1.165) is 17.1 Å². The zero-order chi connectivity index (χ0) is 12.3. The summed E-state index contributed by atoms with van der Waals surface area (Å²) in [5, 5.41) is 4.27. The minimum absolute atomic E-state index is 0. The third-order valence-electron chi connectivity index (χ3n) is 2.34. The van der Waals surface area contributed by atoms with Crippen LogP contribution in [0.2, 0.25) is 0 Å². The Kier molecular flexibility index (Phi) is 6.29. The monoisotopic (exact) mass is 353 g/mol. The van der Waals surface area contributed by atoms with Crippen molar-refractivity contribution >= 4 is 29.9 Å². The lowest BCUT2D eigenvalue weighted by Gasteiger charge is -2.10. The molecule has 17 heavy (non-hydrogen) atoms. The van der Waals surface area contributed by atoms with E-state index in [4.69, 9.17) is 10.5 Å². The van der Waals surface area contributed by atoms with Crippen LogP contribution in [0.5, 0.6) is 5.88 Å². The number of halogens is 1. The Bertz CT molecular complexity index is 400. The van der Waals surface area contributed by atoms with E-state index < -0.39 is 0 Å². The van der Waals surface area contributed by atoms with Gasteiger partial charge < -0.3 is 15.4 Å². The summed E-state index contributed by atoms with van der Waals surface area (Å²) in [6.07, 6.45) is 0. The molecule has 0 spiro atoms. The van der Waals surface area contributed by atoms with Crippen molar-refractivity contribution in [2.24, 2.45) is 17.8 Å². The standard InChI is InChI=1S/C10H19N5O.HI/c1-7-8(6-12-10(11)14(2)3)9(16-5)15(4)13-7;/h6H2,1-5H3,(H2,11,12);1H. The van der Waals surface area contributed by atoms with Crippen LogP contribution in [0.1, 0.15) is 11.3 Å². The molecule has 0 aliphatic rings. The first-order chi connectivity index (χ1) is 7.47. The summed E-state index contributed by atoms with van der Waals surface area (Å²) in [5.74, 6) is 1.22. The molecule has 0 amide bonds. The van der Waals surface area contributed by atoms with E-state index >= 15 is 0 Å². The van der Waals surface area contributed by atoms with Crippen molar-refractivity contribution in [3.8, 4) is 5.88 Å². The fourth-order valence-corrected chi connectivity index (χ4v) is 1.42. The highest BCUT2D eigenvalue weighted by Crippen LogP contribution is 2.21. The number of hydrogen-bond donors (Lipinski definition) is 1. The van der Waals surface area contributed by atoms with Crippen molar-refractivity contribution in [2.75, 3.05) is 21.2 Å². The second kappa shape index (κ2) is 6.67. The Morgan fingerprint density at radius 3 is 2.59 bits per heavy atom. The van der Waals surface area contributed by atoms with Gasteiger partial charge in [0, 0.05) is 21.1 Å². The SMILES string of the molecule is COc1c(CN=C(N)N(C)C)c(C)nn1C.I. The van der Waals surface area contributed by atoms with Gasteiger partial charge in [-0.05, 0) is 6.92 Å². The third kappa shape index (κ3) is 3.76. The van der Waals surface area contributed by atoms with Crippen molar-refractivity contribution in [1.29, 1.82) is 0 Å². The maximum atomic E-state index is 5.72. The molecule has 0 aliphatic carbocycles. The van der Waals surface area contributed by atoms with E-state index in [0.29, 0.717) is 12.5 Å². The Morgan fingerprint density at radius 2 is 2.12 bits per heavy atom. The molecule has 0 saturated carbocycles. The fourth-order valence-electron chi connectivity index (χ4n) is 1.42. The first kappa shape index (κ1) is 16.0. The molecule has 6 nitrogen and oxygen atoms in total. The van der Waals surface area contributed by atoms with E-state index in [9.17, 15) is 0 Å². The first-order valence-electron chi connectivity index (χ1n) is 5.01. The van der Waals surface area contributed by atoms with Gasteiger partial charge in [-0.15, -0.1) is 24.0 Å². The number of guanidine groups is 1. The quantitative estimate of drug-likeness (QED) is 0.494. The summed E-state index contributed by atoms with van der Waals surface area (Å²) in [5.41, 5.74) is 7.60. The second-order valence-electron chi connectivity index (χ2n) is 3.77. The molecule has 0 radical (unpaired) electrons. The maximum absolute atomic E-state index is 5.72. The molecule has 2 N–H and O–H groups in total. The smallest absolute Gasteiger partial charge is 0.216 e. The first-order valence-corrected chi connectivity index (χ1v) is 5.01. The highest BCUT2D eigenvalue weighted by molar-refractivity contribution is 14.0. The molecule has 7 heteroatoms. The van der Waals surface area contributed by atoms with Crippen LogP contribution < -0.4 is 10.5 Å². The molecule has 1 heterocycles. The van der Waals surface area contributed by atoms with Crippen LogP contribution >= 0.6 is 24.0 Å². The van der Waals surface area contributed by atoms with E-state index in [1.165, 1.54) is 0 Å². The summed E-state index contributed by atoms with van der Waals surface area (Å²) in [6, 6.07) is 0. The molecule has 1 rings (SSSR count). The largest absolute Gasteiger partial charge is 0.481 e. The highest BCUT2D eigenvalue weighted by atomic mass is 127. The van der Waals surface area contributed by atoms with Gasteiger partial charge in [-0.3, -0.25) is 0 Å². The van der Waals surface area contributed by atoms with Crippen LogP contribution in [0, 0.1) is 6.92 Å². The molecule has 0 aromatic carbocycles. The maximum Gasteiger partial charge on any atom is 0.216 e. The number of nitrogens with zero attached hydrogens (tertiary/aromatic N) is 4. The predicted octanol–water partition coefficient (Wildman–Crippen LogP) is 0.731. The van der Waals surface area contributed by atoms with E-state index in [1.54, 1.807) is 16.7 Å². The van der Waals surface area contributed by atoms with Gasteiger partial charge >= 0.3 is 0 Å². The number of aliphatic imine (C=N–C) groups is 1. The van der Waals surface area contributed by atoms with Crippen molar-refractivity contribution in [3.05, 3.63) is 11.3 Å². The molecule has 1 aromatic rings. The minimum Gasteiger partial charge on any atom is -0.481 e. The summed E-state index contributed by atoms with van der Waals surface area (Å²) < 4.78 is 6.97. The van der Waals surface area contributed by atoms with Crippen molar-refractivity contribution in [3.63, 3.8) is 0 Å². The number of ether oxygens (including phenoxy) is 1. The number of hydrogen-bond acceptors (Lipinski definition) is 3. The number of aromatic nitrogens is 2. The number of rotatable bonds is 3. The van der Waals surface area contributed by atoms with Crippen LogP contribution in [-0.2, 0) is 13.6 Å². The van der Waals surface area contributed by atoms with Crippen LogP contribution in [-0.4, -0.2) is 41.8 Å². The lowest BCUT2D eigenvalue weighted by molar-refractivity contribution is 0.369. The minimum atomic E-state index is 0. The van der Waals surface area contributed by atoms with Gasteiger partial charge in [0.2, 0.25) is 5.88 Å². The number of nitrogens with two attached hydrogens (primary N) is 1. The Labute approximate surface area is 119 Å². The molecule has 0 unspecified atom stereocenters. The molecule has 0 bridgehead atoms. The molecular formula is C10H20IN5O. The summed E-state index contributed by atoms with van der Waals surface area (Å²) >= 11 is 0. The lowest BCUT2D eigenvalue weighted by Crippen LogP contribution is -2.30. The molecule has 0 saturated heterocycles. The summed E-state index contributed by atoms with van der Waals surface area (Å²) in [6.45, 7) is 2.41. The van der Waals surface area contributed by atoms with Crippen LogP contribution in [0.3, 0.4) is 0 Å². The predicted molar refractivity (Wildman–Crippen MR) is 78.9 cm³/mol. The van der Waals surface area contributed by atoms with Gasteiger partial charge in [-0.2, -0.15) is 5.10 Å². The van der Waals surface area contributed by atoms with Gasteiger partial charge in [0.05, 0.1) is 24.9 Å². The lowest BCUT2D eigenvalue weighted by atomic mass is 10.2. The second-order valence-corrected chi connectivity index (χ2v) is 3.77.